The van der Waals surface area contributed by atoms with Gasteiger partial charge in [0.2, 0.25) is 0 Å². The number of nitrogens with two attached hydrogens (primary N) is 1. The van der Waals surface area contributed by atoms with Crippen LogP contribution in [0.2, 0.25) is 0 Å². The van der Waals surface area contributed by atoms with Crippen molar-refractivity contribution >= 4 is 0 Å². The van der Waals surface area contributed by atoms with Crippen LogP contribution in [0.3, 0.4) is 0 Å². The molecule has 0 spiro atoms. The van der Waals surface area contributed by atoms with Gasteiger partial charge in [-0.05, 0) is 44.4 Å². The molecule has 1 aliphatic rings. The van der Waals surface area contributed by atoms with Crippen LogP contribution in [-0.2, 0) is 0 Å². The van der Waals surface area contributed by atoms with Gasteiger partial charge in [-0.1, -0.05) is 12.5 Å². The van der Waals surface area contributed by atoms with Crippen molar-refractivity contribution in [2.24, 2.45) is 11.1 Å². The first-order valence-electron chi connectivity index (χ1n) is 4.92. The average Bonchev–Trinajstić information content (AvgIpc) is 2.29. The van der Waals surface area contributed by atoms with E-state index >= 15 is 0 Å². The van der Waals surface area contributed by atoms with Gasteiger partial charge in [-0.2, -0.15) is 0 Å². The maximum Gasteiger partial charge on any atom is 0.00442 e. The van der Waals surface area contributed by atoms with E-state index in [1.165, 1.54) is 37.7 Å². The van der Waals surface area contributed by atoms with Crippen molar-refractivity contribution in [3.8, 4) is 0 Å². The predicted octanol–water partition coefficient (Wildman–Crippen LogP) is 2.86. The Morgan fingerprint density at radius 1 is 1.67 bits per heavy atom. The van der Waals surface area contributed by atoms with Gasteiger partial charge in [-0.25, -0.2) is 0 Å². The molecule has 0 aromatic heterocycles. The van der Waals surface area contributed by atoms with E-state index < -0.39 is 0 Å². The fourth-order valence-corrected chi connectivity index (χ4v) is 2.11. The van der Waals surface area contributed by atoms with Gasteiger partial charge in [0.1, 0.15) is 0 Å². The van der Waals surface area contributed by atoms with E-state index in [2.05, 4.69) is 20.4 Å². The van der Waals surface area contributed by atoms with Crippen LogP contribution in [0, 0.1) is 5.41 Å². The first kappa shape index (κ1) is 9.79. The van der Waals surface area contributed by atoms with E-state index in [9.17, 15) is 0 Å². The molecule has 0 bridgehead atoms. The van der Waals surface area contributed by atoms with Gasteiger partial charge in [-0.15, -0.1) is 6.58 Å². The van der Waals surface area contributed by atoms with Crippen molar-refractivity contribution in [1.82, 2.24) is 0 Å². The third-order valence-corrected chi connectivity index (χ3v) is 3.03. The monoisotopic (exact) mass is 167 g/mol. The first-order valence-corrected chi connectivity index (χ1v) is 4.92. The van der Waals surface area contributed by atoms with Gasteiger partial charge in [0.15, 0.2) is 0 Å². The Morgan fingerprint density at radius 2 is 2.33 bits per heavy atom. The summed E-state index contributed by atoms with van der Waals surface area (Å²) in [5, 5.41) is 0. The quantitative estimate of drug-likeness (QED) is 0.643. The van der Waals surface area contributed by atoms with E-state index in [-0.39, 0.29) is 0 Å². The van der Waals surface area contributed by atoms with Gasteiger partial charge in [0, 0.05) is 6.04 Å². The number of allylic oxidation sites excluding steroid dienone is 1. The van der Waals surface area contributed by atoms with Crippen molar-refractivity contribution in [1.29, 1.82) is 0 Å². The molecule has 1 rings (SSSR count). The zero-order chi connectivity index (χ0) is 9.19. The average molecular weight is 167 g/mol. The largest absolute Gasteiger partial charge is 0.328 e. The van der Waals surface area contributed by atoms with Gasteiger partial charge in [0.25, 0.3) is 0 Å². The van der Waals surface area contributed by atoms with Gasteiger partial charge in [-0.3, -0.25) is 0 Å². The molecule has 0 aliphatic heterocycles. The molecule has 0 heterocycles. The second kappa shape index (κ2) is 3.61. The molecule has 0 saturated heterocycles. The van der Waals surface area contributed by atoms with Crippen molar-refractivity contribution in [2.45, 2.75) is 52.0 Å². The van der Waals surface area contributed by atoms with E-state index in [0.717, 1.165) is 0 Å². The lowest BCUT2D eigenvalue weighted by Crippen LogP contribution is -2.19. The Kier molecular flexibility index (Phi) is 2.94. The maximum atomic E-state index is 5.89. The summed E-state index contributed by atoms with van der Waals surface area (Å²) in [6, 6.07) is 0.458. The molecule has 70 valence electrons. The minimum Gasteiger partial charge on any atom is -0.328 e. The van der Waals surface area contributed by atoms with E-state index in [4.69, 9.17) is 5.73 Å². The molecule has 1 aliphatic carbocycles. The molecule has 0 radical (unpaired) electrons. The Bertz CT molecular complexity index is 174. The van der Waals surface area contributed by atoms with Crippen LogP contribution in [0.4, 0.5) is 0 Å². The molecule has 12 heavy (non-hydrogen) atoms. The predicted molar refractivity (Wildman–Crippen MR) is 54.0 cm³/mol. The van der Waals surface area contributed by atoms with E-state index in [1.807, 2.05) is 0 Å². The summed E-state index contributed by atoms with van der Waals surface area (Å²) in [5.41, 5.74) is 7.71. The van der Waals surface area contributed by atoms with Crippen molar-refractivity contribution in [3.63, 3.8) is 0 Å². The maximum absolute atomic E-state index is 5.89. The zero-order valence-electron chi connectivity index (χ0n) is 8.40. The smallest absolute Gasteiger partial charge is 0.00442 e. The van der Waals surface area contributed by atoms with Crippen LogP contribution in [0.15, 0.2) is 12.2 Å². The SMILES string of the molecule is C=C(C)CCC1(C)CCC(N)C1. The fourth-order valence-electron chi connectivity index (χ4n) is 2.11. The summed E-state index contributed by atoms with van der Waals surface area (Å²) in [4.78, 5) is 0. The third-order valence-electron chi connectivity index (χ3n) is 3.03. The fraction of sp³-hybridized carbons (Fsp3) is 0.818. The summed E-state index contributed by atoms with van der Waals surface area (Å²) in [5.74, 6) is 0. The Morgan fingerprint density at radius 3 is 2.75 bits per heavy atom. The number of hydrogen-bond acceptors (Lipinski definition) is 1. The van der Waals surface area contributed by atoms with Gasteiger partial charge < -0.3 is 5.73 Å². The summed E-state index contributed by atoms with van der Waals surface area (Å²) >= 11 is 0. The molecular formula is C11H21N. The second-order valence-corrected chi connectivity index (χ2v) is 4.77. The van der Waals surface area contributed by atoms with Crippen molar-refractivity contribution in [3.05, 3.63) is 12.2 Å². The molecule has 1 heteroatoms. The minimum atomic E-state index is 0.458. The third kappa shape index (κ3) is 2.63. The van der Waals surface area contributed by atoms with Crippen LogP contribution in [0.25, 0.3) is 0 Å². The topological polar surface area (TPSA) is 26.0 Å². The molecule has 1 saturated carbocycles. The molecule has 1 nitrogen and oxygen atoms in total. The summed E-state index contributed by atoms with van der Waals surface area (Å²) in [6.07, 6.45) is 6.17. The molecule has 2 N–H and O–H groups in total. The summed E-state index contributed by atoms with van der Waals surface area (Å²) in [7, 11) is 0. The highest BCUT2D eigenvalue weighted by molar-refractivity contribution is 4.94. The van der Waals surface area contributed by atoms with Crippen molar-refractivity contribution in [2.75, 3.05) is 0 Å². The van der Waals surface area contributed by atoms with Crippen LogP contribution in [0.1, 0.15) is 46.0 Å². The lowest BCUT2D eigenvalue weighted by Gasteiger charge is -2.23. The summed E-state index contributed by atoms with van der Waals surface area (Å²) < 4.78 is 0. The zero-order valence-corrected chi connectivity index (χ0v) is 8.40. The van der Waals surface area contributed by atoms with E-state index in [0.29, 0.717) is 11.5 Å². The lowest BCUT2D eigenvalue weighted by molar-refractivity contribution is 0.304. The normalized spacial score (nSPS) is 35.4. The Labute approximate surface area is 76.0 Å². The standard InChI is InChI=1S/C11H21N/c1-9(2)4-6-11(3)7-5-10(12)8-11/h10H,1,4-8,12H2,2-3H3. The molecule has 0 amide bonds. The van der Waals surface area contributed by atoms with Crippen LogP contribution < -0.4 is 5.73 Å². The first-order chi connectivity index (χ1) is 5.52. The Hall–Kier alpha value is -0.300. The highest BCUT2D eigenvalue weighted by Gasteiger charge is 2.32. The summed E-state index contributed by atoms with van der Waals surface area (Å²) in [6.45, 7) is 8.41. The molecule has 0 aromatic carbocycles. The van der Waals surface area contributed by atoms with Crippen molar-refractivity contribution < 1.29 is 0 Å². The van der Waals surface area contributed by atoms with Crippen LogP contribution >= 0.6 is 0 Å². The molecule has 0 aromatic rings. The highest BCUT2D eigenvalue weighted by atomic mass is 14.7. The molecular weight excluding hydrogens is 146 g/mol. The highest BCUT2D eigenvalue weighted by Crippen LogP contribution is 2.41. The molecule has 2 unspecified atom stereocenters. The van der Waals surface area contributed by atoms with Gasteiger partial charge in [0.05, 0.1) is 0 Å². The molecule has 2 atom stereocenters. The van der Waals surface area contributed by atoms with E-state index in [1.54, 1.807) is 0 Å². The van der Waals surface area contributed by atoms with Gasteiger partial charge >= 0.3 is 0 Å². The second-order valence-electron chi connectivity index (χ2n) is 4.77. The Balaban J connectivity index is 2.35. The lowest BCUT2D eigenvalue weighted by atomic mass is 9.83. The molecule has 1 fully saturated rings. The van der Waals surface area contributed by atoms with Crippen LogP contribution in [0.5, 0.6) is 0 Å². The number of rotatable bonds is 3. The minimum absolute atomic E-state index is 0.458. The van der Waals surface area contributed by atoms with Crippen LogP contribution in [-0.4, -0.2) is 6.04 Å². The number of hydrogen-bond donors (Lipinski definition) is 1.